The Bertz CT molecular complexity index is 1330. The number of alkyl halides is 3. The molecule has 0 radical (unpaired) electrons. The number of halogens is 4. The van der Waals surface area contributed by atoms with Gasteiger partial charge in [-0.25, -0.2) is 9.38 Å². The molecular formula is C28H28F4N4O2S. The van der Waals surface area contributed by atoms with E-state index in [-0.39, 0.29) is 30.6 Å². The maximum atomic E-state index is 13.6. The van der Waals surface area contributed by atoms with Crippen molar-refractivity contribution < 1.29 is 27.2 Å². The van der Waals surface area contributed by atoms with Crippen LogP contribution in [-0.2, 0) is 22.3 Å². The number of hydrogen-bond acceptors (Lipinski definition) is 5. The molecule has 2 amide bonds. The van der Waals surface area contributed by atoms with Crippen LogP contribution in [-0.4, -0.2) is 39.9 Å². The number of likely N-dealkylation sites (N-methyl/N-ethyl adjacent to an activating group) is 1. The second-order valence-corrected chi connectivity index (χ2v) is 9.91. The van der Waals surface area contributed by atoms with E-state index in [1.54, 1.807) is 34.3 Å². The monoisotopic (exact) mass is 560 g/mol. The summed E-state index contributed by atoms with van der Waals surface area (Å²) in [5, 5.41) is 5.11. The zero-order valence-corrected chi connectivity index (χ0v) is 22.5. The number of nitrogens with one attached hydrogen (secondary N) is 1. The zero-order chi connectivity index (χ0) is 28.3. The molecule has 2 heterocycles. The van der Waals surface area contributed by atoms with Crippen molar-refractivity contribution in [2.24, 2.45) is 4.99 Å². The molecule has 1 N–H and O–H groups in total. The van der Waals surface area contributed by atoms with Crippen molar-refractivity contribution in [3.05, 3.63) is 93.4 Å². The Morgan fingerprint density at radius 1 is 1.05 bits per heavy atom. The molecule has 0 fully saturated rings. The number of hydrogen-bond donors (Lipinski definition) is 1. The number of allylic oxidation sites excluding steroid dienone is 1. The number of thioether (sulfide) groups is 1. The molecule has 0 spiro atoms. The SMILES string of the molecule is CCN(CC)C(=O)C1=C(C)N=C2SC=C(CC(=O)NCc3ccc(F)cc3)N2C1c1ccc(C(F)(F)F)cc1. The van der Waals surface area contributed by atoms with Crippen molar-refractivity contribution in [3.8, 4) is 0 Å². The number of nitrogens with zero attached hydrogens (tertiary/aromatic N) is 3. The first kappa shape index (κ1) is 28.4. The number of carbonyl (C=O) groups is 2. The Balaban J connectivity index is 1.65. The molecule has 2 aliphatic rings. The van der Waals surface area contributed by atoms with Gasteiger partial charge in [-0.05, 0) is 61.6 Å². The molecule has 2 aromatic rings. The maximum absolute atomic E-state index is 13.6. The molecule has 0 aliphatic carbocycles. The van der Waals surface area contributed by atoms with Crippen molar-refractivity contribution in [3.63, 3.8) is 0 Å². The van der Waals surface area contributed by atoms with E-state index in [0.717, 1.165) is 17.7 Å². The third-order valence-corrected chi connectivity index (χ3v) is 7.47. The Hall–Kier alpha value is -3.60. The van der Waals surface area contributed by atoms with Crippen LogP contribution in [0.3, 0.4) is 0 Å². The second kappa shape index (κ2) is 11.6. The topological polar surface area (TPSA) is 65.0 Å². The quantitative estimate of drug-likeness (QED) is 0.403. The first-order valence-electron chi connectivity index (χ1n) is 12.4. The summed E-state index contributed by atoms with van der Waals surface area (Å²) in [6.07, 6.45) is -4.54. The van der Waals surface area contributed by atoms with E-state index in [2.05, 4.69) is 10.3 Å². The van der Waals surface area contributed by atoms with Gasteiger partial charge in [0.25, 0.3) is 5.91 Å². The minimum Gasteiger partial charge on any atom is -0.352 e. The van der Waals surface area contributed by atoms with Crippen molar-refractivity contribution in [1.82, 2.24) is 15.1 Å². The number of carbonyl (C=O) groups excluding carboxylic acids is 2. The van der Waals surface area contributed by atoms with Crippen molar-refractivity contribution in [2.75, 3.05) is 13.1 Å². The lowest BCUT2D eigenvalue weighted by Crippen LogP contribution is -2.42. The Morgan fingerprint density at radius 2 is 1.69 bits per heavy atom. The first-order valence-corrected chi connectivity index (χ1v) is 13.3. The van der Waals surface area contributed by atoms with Gasteiger partial charge in [0.2, 0.25) is 5.91 Å². The van der Waals surface area contributed by atoms with Crippen molar-refractivity contribution >= 4 is 28.7 Å². The highest BCUT2D eigenvalue weighted by Gasteiger charge is 2.41. The molecule has 1 atom stereocenters. The fourth-order valence-corrected chi connectivity index (χ4v) is 5.49. The van der Waals surface area contributed by atoms with E-state index in [9.17, 15) is 27.2 Å². The fourth-order valence-electron chi connectivity index (χ4n) is 4.52. The van der Waals surface area contributed by atoms with Gasteiger partial charge in [0.1, 0.15) is 5.82 Å². The third-order valence-electron chi connectivity index (χ3n) is 6.58. The van der Waals surface area contributed by atoms with E-state index in [4.69, 9.17) is 0 Å². The van der Waals surface area contributed by atoms with Gasteiger partial charge in [-0.2, -0.15) is 13.2 Å². The highest BCUT2D eigenvalue weighted by atomic mass is 32.2. The molecule has 1 unspecified atom stereocenters. The van der Waals surface area contributed by atoms with Crippen LogP contribution in [0.2, 0.25) is 0 Å². The Labute approximate surface area is 228 Å². The smallest absolute Gasteiger partial charge is 0.352 e. The summed E-state index contributed by atoms with van der Waals surface area (Å²) < 4.78 is 53.0. The summed E-state index contributed by atoms with van der Waals surface area (Å²) in [5.74, 6) is -0.938. The lowest BCUT2D eigenvalue weighted by molar-refractivity contribution is -0.137. The van der Waals surface area contributed by atoms with E-state index in [0.29, 0.717) is 40.8 Å². The highest BCUT2D eigenvalue weighted by molar-refractivity contribution is 8.16. The molecular weight excluding hydrogens is 532 g/mol. The van der Waals surface area contributed by atoms with Gasteiger partial charge in [0.05, 0.1) is 29.3 Å². The Kier molecular flexibility index (Phi) is 8.48. The molecule has 2 aliphatic heterocycles. The van der Waals surface area contributed by atoms with E-state index in [1.165, 1.54) is 36.0 Å². The largest absolute Gasteiger partial charge is 0.416 e. The molecule has 0 saturated carbocycles. The molecule has 206 valence electrons. The number of amidine groups is 1. The molecule has 4 rings (SSSR count). The van der Waals surface area contributed by atoms with Crippen LogP contribution >= 0.6 is 11.8 Å². The summed E-state index contributed by atoms with van der Waals surface area (Å²) in [7, 11) is 0. The predicted octanol–water partition coefficient (Wildman–Crippen LogP) is 5.99. The van der Waals surface area contributed by atoms with Crippen LogP contribution in [0, 0.1) is 5.82 Å². The van der Waals surface area contributed by atoms with Gasteiger partial charge in [-0.1, -0.05) is 36.0 Å². The second-order valence-electron chi connectivity index (χ2n) is 9.07. The predicted molar refractivity (Wildman–Crippen MR) is 143 cm³/mol. The van der Waals surface area contributed by atoms with Crippen LogP contribution in [0.15, 0.2) is 75.9 Å². The van der Waals surface area contributed by atoms with Crippen LogP contribution in [0.1, 0.15) is 49.9 Å². The van der Waals surface area contributed by atoms with Crippen LogP contribution in [0.5, 0.6) is 0 Å². The third kappa shape index (κ3) is 6.19. The number of aliphatic imine (C=N–C) groups is 1. The van der Waals surface area contributed by atoms with E-state index < -0.39 is 17.8 Å². The summed E-state index contributed by atoms with van der Waals surface area (Å²) in [5.41, 5.74) is 1.81. The molecule has 0 saturated heterocycles. The summed E-state index contributed by atoms with van der Waals surface area (Å²) in [6.45, 7) is 6.52. The number of benzene rings is 2. The molecule has 2 aromatic carbocycles. The van der Waals surface area contributed by atoms with E-state index >= 15 is 0 Å². The Morgan fingerprint density at radius 3 is 2.28 bits per heavy atom. The number of amides is 2. The van der Waals surface area contributed by atoms with Gasteiger partial charge in [0, 0.05) is 25.3 Å². The zero-order valence-electron chi connectivity index (χ0n) is 21.7. The van der Waals surface area contributed by atoms with Gasteiger partial charge >= 0.3 is 6.18 Å². The van der Waals surface area contributed by atoms with Crippen molar-refractivity contribution in [1.29, 1.82) is 0 Å². The molecule has 11 heteroatoms. The average molecular weight is 561 g/mol. The van der Waals surface area contributed by atoms with E-state index in [1.807, 2.05) is 13.8 Å². The molecule has 6 nitrogen and oxygen atoms in total. The van der Waals surface area contributed by atoms with Gasteiger partial charge in [0.15, 0.2) is 5.17 Å². The molecule has 0 bridgehead atoms. The fraction of sp³-hybridized carbons (Fsp3) is 0.321. The van der Waals surface area contributed by atoms with Gasteiger partial charge in [-0.3, -0.25) is 9.59 Å². The first-order chi connectivity index (χ1) is 18.5. The molecule has 39 heavy (non-hydrogen) atoms. The average Bonchev–Trinajstić information content (AvgIpc) is 3.29. The minimum absolute atomic E-state index is 0.0455. The van der Waals surface area contributed by atoms with Crippen LogP contribution in [0.25, 0.3) is 0 Å². The normalized spacial score (nSPS) is 17.0. The van der Waals surface area contributed by atoms with Crippen molar-refractivity contribution in [2.45, 2.75) is 46.0 Å². The number of fused-ring (bicyclic) bond motifs is 1. The standard InChI is InChI=1S/C28H28F4N4O2S/c1-4-35(5-2)26(38)24-17(3)34-27-36(25(24)19-8-10-20(11-9-19)28(30,31)32)22(16-39-27)14-23(37)33-15-18-6-12-21(29)13-7-18/h6-13,16,25H,4-5,14-15H2,1-3H3,(H,33,37). The number of rotatable bonds is 8. The molecule has 0 aromatic heterocycles. The lowest BCUT2D eigenvalue weighted by Gasteiger charge is -2.38. The van der Waals surface area contributed by atoms with Gasteiger partial charge in [-0.15, -0.1) is 0 Å². The lowest BCUT2D eigenvalue weighted by atomic mass is 9.92. The minimum atomic E-state index is -4.50. The van der Waals surface area contributed by atoms with Crippen LogP contribution in [0.4, 0.5) is 17.6 Å². The van der Waals surface area contributed by atoms with Crippen LogP contribution < -0.4 is 5.32 Å². The summed E-state index contributed by atoms with van der Waals surface area (Å²) in [4.78, 5) is 34.5. The highest BCUT2D eigenvalue weighted by Crippen LogP contribution is 2.45. The summed E-state index contributed by atoms with van der Waals surface area (Å²) in [6, 6.07) is 9.75. The van der Waals surface area contributed by atoms with Gasteiger partial charge < -0.3 is 15.1 Å². The maximum Gasteiger partial charge on any atom is 0.416 e. The summed E-state index contributed by atoms with van der Waals surface area (Å²) >= 11 is 1.29.